The monoisotopic (exact) mass is 404 g/mol. The Labute approximate surface area is 165 Å². The maximum absolute atomic E-state index is 12.5. The zero-order valence-electron chi connectivity index (χ0n) is 15.9. The molecular weight excluding hydrogens is 380 g/mol. The number of hydrogen-bond acceptors (Lipinski definition) is 5. The van der Waals surface area contributed by atoms with Gasteiger partial charge in [-0.3, -0.25) is 10.2 Å². The summed E-state index contributed by atoms with van der Waals surface area (Å²) < 4.78 is 35.8. The minimum Gasteiger partial charge on any atom is -0.493 e. The zero-order valence-corrected chi connectivity index (χ0v) is 16.8. The topological polar surface area (TPSA) is 93.7 Å². The predicted molar refractivity (Wildman–Crippen MR) is 105 cm³/mol. The fourth-order valence-electron chi connectivity index (χ4n) is 3.10. The van der Waals surface area contributed by atoms with Gasteiger partial charge in [0, 0.05) is 5.56 Å². The molecule has 0 bridgehead atoms. The number of aryl methyl sites for hydroxylation is 2. The smallest absolute Gasteiger partial charge is 0.266 e. The summed E-state index contributed by atoms with van der Waals surface area (Å²) in [5.41, 5.74) is 4.72. The van der Waals surface area contributed by atoms with Gasteiger partial charge >= 0.3 is 0 Å². The first-order valence-electron chi connectivity index (χ1n) is 9.19. The molecule has 0 unspecified atom stereocenters. The van der Waals surface area contributed by atoms with Crippen LogP contribution < -0.4 is 19.7 Å². The van der Waals surface area contributed by atoms with E-state index in [1.165, 1.54) is 18.7 Å². The number of amides is 1. The van der Waals surface area contributed by atoms with Crippen LogP contribution in [0.3, 0.4) is 0 Å². The molecule has 1 amide bonds. The lowest BCUT2D eigenvalue weighted by molar-refractivity contribution is 0.0944. The normalized spacial score (nSPS) is 13.1. The predicted octanol–water partition coefficient (Wildman–Crippen LogP) is 2.60. The molecule has 2 aromatic carbocycles. The Balaban J connectivity index is 1.69. The largest absolute Gasteiger partial charge is 0.493 e. The van der Waals surface area contributed by atoms with E-state index in [-0.39, 0.29) is 10.5 Å². The van der Waals surface area contributed by atoms with Crippen molar-refractivity contribution in [1.82, 2.24) is 10.3 Å². The highest BCUT2D eigenvalue weighted by molar-refractivity contribution is 7.89. The number of sulfonamides is 1. The van der Waals surface area contributed by atoms with E-state index < -0.39 is 15.9 Å². The number of ether oxygens (including phenoxy) is 2. The molecule has 0 atom stereocenters. The Hall–Kier alpha value is -2.58. The van der Waals surface area contributed by atoms with E-state index in [4.69, 9.17) is 9.47 Å². The van der Waals surface area contributed by atoms with Crippen molar-refractivity contribution in [3.8, 4) is 11.5 Å². The van der Waals surface area contributed by atoms with Crippen LogP contribution in [0.25, 0.3) is 0 Å². The first kappa shape index (κ1) is 20.2. The van der Waals surface area contributed by atoms with Crippen molar-refractivity contribution in [3.05, 3.63) is 53.1 Å². The van der Waals surface area contributed by atoms with Crippen molar-refractivity contribution in [1.29, 1.82) is 0 Å². The van der Waals surface area contributed by atoms with Crippen LogP contribution >= 0.6 is 0 Å². The molecule has 0 aliphatic heterocycles. The molecule has 0 saturated carbocycles. The Kier molecular flexibility index (Phi) is 6.21. The van der Waals surface area contributed by atoms with Gasteiger partial charge in [0.1, 0.15) is 0 Å². The van der Waals surface area contributed by atoms with Gasteiger partial charge in [0.15, 0.2) is 11.5 Å². The van der Waals surface area contributed by atoms with Crippen LogP contribution in [-0.4, -0.2) is 28.0 Å². The molecule has 0 fully saturated rings. The Bertz CT molecular complexity index is 973. The second-order valence-corrected chi connectivity index (χ2v) is 8.24. The molecule has 0 saturated heterocycles. The zero-order chi connectivity index (χ0) is 20.1. The fourth-order valence-corrected chi connectivity index (χ4v) is 3.99. The summed E-state index contributed by atoms with van der Waals surface area (Å²) in [6.07, 6.45) is 3.72. The fraction of sp³-hybridized carbons (Fsp3) is 0.350. The summed E-state index contributed by atoms with van der Waals surface area (Å²) >= 11 is 0. The highest BCUT2D eigenvalue weighted by atomic mass is 32.2. The molecule has 3 rings (SSSR count). The molecule has 0 radical (unpaired) electrons. The SMILES string of the molecule is CCCOc1ccc(C(=O)NNS(=O)(=O)c2ccc3c(c2)CCC3)cc1OC. The number of nitrogens with one attached hydrogen (secondary N) is 2. The number of methoxy groups -OCH3 is 1. The van der Waals surface area contributed by atoms with Crippen LogP contribution in [0.5, 0.6) is 11.5 Å². The second kappa shape index (κ2) is 8.62. The number of fused-ring (bicyclic) bond motifs is 1. The summed E-state index contributed by atoms with van der Waals surface area (Å²) in [5.74, 6) is 0.340. The van der Waals surface area contributed by atoms with Gasteiger partial charge in [-0.25, -0.2) is 8.42 Å². The summed E-state index contributed by atoms with van der Waals surface area (Å²) in [7, 11) is -2.38. The summed E-state index contributed by atoms with van der Waals surface area (Å²) in [5, 5.41) is 0. The number of benzene rings is 2. The van der Waals surface area contributed by atoms with Gasteiger partial charge < -0.3 is 9.47 Å². The minimum atomic E-state index is -3.86. The van der Waals surface area contributed by atoms with Crippen LogP contribution in [0, 0.1) is 0 Å². The van der Waals surface area contributed by atoms with Gasteiger partial charge in [-0.15, -0.1) is 4.83 Å². The number of hydrazine groups is 1. The molecule has 2 N–H and O–H groups in total. The van der Waals surface area contributed by atoms with Gasteiger partial charge in [0.25, 0.3) is 15.9 Å². The molecule has 8 heteroatoms. The van der Waals surface area contributed by atoms with E-state index >= 15 is 0 Å². The van der Waals surface area contributed by atoms with Crippen molar-refractivity contribution in [2.45, 2.75) is 37.5 Å². The van der Waals surface area contributed by atoms with Crippen molar-refractivity contribution < 1.29 is 22.7 Å². The molecule has 0 aromatic heterocycles. The molecular formula is C20H24N2O5S. The van der Waals surface area contributed by atoms with Crippen molar-refractivity contribution >= 4 is 15.9 Å². The lowest BCUT2D eigenvalue weighted by Crippen LogP contribution is -2.41. The van der Waals surface area contributed by atoms with Gasteiger partial charge in [-0.2, -0.15) is 0 Å². The van der Waals surface area contributed by atoms with Gasteiger partial charge in [0.05, 0.1) is 18.6 Å². The maximum atomic E-state index is 12.5. The standard InChI is InChI=1S/C20H24N2O5S/c1-3-11-27-18-10-8-16(13-19(18)26-2)20(23)21-22-28(24,25)17-9-7-14-5-4-6-15(14)12-17/h7-10,12-13,22H,3-6,11H2,1-2H3,(H,21,23). The van der Waals surface area contributed by atoms with E-state index in [1.807, 2.05) is 13.0 Å². The van der Waals surface area contributed by atoms with Crippen LogP contribution in [0.4, 0.5) is 0 Å². The minimum absolute atomic E-state index is 0.134. The number of carbonyl (C=O) groups excluding carboxylic acids is 1. The molecule has 0 heterocycles. The van der Waals surface area contributed by atoms with Crippen LogP contribution in [0.15, 0.2) is 41.3 Å². The number of carbonyl (C=O) groups is 1. The van der Waals surface area contributed by atoms with E-state index in [0.717, 1.165) is 31.2 Å². The van der Waals surface area contributed by atoms with Crippen LogP contribution in [-0.2, 0) is 22.9 Å². The lowest BCUT2D eigenvalue weighted by Gasteiger charge is -2.12. The summed E-state index contributed by atoms with van der Waals surface area (Å²) in [6.45, 7) is 2.52. The van der Waals surface area contributed by atoms with Crippen molar-refractivity contribution in [2.75, 3.05) is 13.7 Å². The van der Waals surface area contributed by atoms with E-state index in [9.17, 15) is 13.2 Å². The molecule has 0 spiro atoms. The third-order valence-electron chi connectivity index (χ3n) is 4.57. The van der Waals surface area contributed by atoms with Gasteiger partial charge in [-0.05, 0) is 67.1 Å². The second-order valence-electron chi connectivity index (χ2n) is 6.56. The maximum Gasteiger partial charge on any atom is 0.266 e. The Morgan fingerprint density at radius 1 is 1.07 bits per heavy atom. The Morgan fingerprint density at radius 2 is 1.86 bits per heavy atom. The van der Waals surface area contributed by atoms with Crippen LogP contribution in [0.2, 0.25) is 0 Å². The molecule has 28 heavy (non-hydrogen) atoms. The van der Waals surface area contributed by atoms with Crippen molar-refractivity contribution in [2.24, 2.45) is 0 Å². The molecule has 1 aliphatic rings. The number of hydrogen-bond donors (Lipinski definition) is 2. The molecule has 2 aromatic rings. The Morgan fingerprint density at radius 3 is 2.61 bits per heavy atom. The van der Waals surface area contributed by atoms with E-state index in [0.29, 0.717) is 18.1 Å². The van der Waals surface area contributed by atoms with Crippen molar-refractivity contribution in [3.63, 3.8) is 0 Å². The number of rotatable bonds is 8. The quantitative estimate of drug-likeness (QED) is 0.660. The summed E-state index contributed by atoms with van der Waals surface area (Å²) in [4.78, 5) is 14.7. The molecule has 7 nitrogen and oxygen atoms in total. The van der Waals surface area contributed by atoms with Gasteiger partial charge in [-0.1, -0.05) is 13.0 Å². The third kappa shape index (κ3) is 4.45. The third-order valence-corrected chi connectivity index (χ3v) is 5.81. The lowest BCUT2D eigenvalue weighted by atomic mass is 10.1. The molecule has 150 valence electrons. The first-order chi connectivity index (χ1) is 13.4. The van der Waals surface area contributed by atoms with E-state index in [1.54, 1.807) is 24.3 Å². The van der Waals surface area contributed by atoms with Gasteiger partial charge in [0.2, 0.25) is 0 Å². The van der Waals surface area contributed by atoms with Crippen LogP contribution in [0.1, 0.15) is 41.3 Å². The summed E-state index contributed by atoms with van der Waals surface area (Å²) in [6, 6.07) is 9.73. The van der Waals surface area contributed by atoms with E-state index in [2.05, 4.69) is 10.3 Å². The molecule has 1 aliphatic carbocycles. The first-order valence-corrected chi connectivity index (χ1v) is 10.7. The highest BCUT2D eigenvalue weighted by Crippen LogP contribution is 2.28. The average Bonchev–Trinajstić information content (AvgIpc) is 3.18. The average molecular weight is 404 g/mol. The highest BCUT2D eigenvalue weighted by Gasteiger charge is 2.20.